The Morgan fingerprint density at radius 2 is 1.44 bits per heavy atom. The molecule has 2 aromatic rings. The predicted octanol–water partition coefficient (Wildman–Crippen LogP) is 4.26. The first kappa shape index (κ1) is 18.3. The highest BCUT2D eigenvalue weighted by Crippen LogP contribution is 2.36. The maximum Gasteiger partial charge on any atom is 0.494 e. The summed E-state index contributed by atoms with van der Waals surface area (Å²) in [5, 5.41) is 0.753. The van der Waals surface area contributed by atoms with Gasteiger partial charge in [0.25, 0.3) is 0 Å². The van der Waals surface area contributed by atoms with E-state index in [0.29, 0.717) is 6.61 Å². The number of benzene rings is 2. The molecule has 0 aromatic heterocycles. The molecule has 25 heavy (non-hydrogen) atoms. The number of rotatable bonds is 5. The Morgan fingerprint density at radius 1 is 0.880 bits per heavy atom. The molecular weight excluding hydrogens is 334 g/mol. The summed E-state index contributed by atoms with van der Waals surface area (Å²) in [7, 11) is -0.340. The van der Waals surface area contributed by atoms with Gasteiger partial charge in [-0.15, -0.1) is 0 Å². The fraction of sp³-hybridized carbons (Fsp3) is 0.400. The number of ether oxygens (including phenoxy) is 1. The molecule has 1 aliphatic heterocycles. The molecule has 0 bridgehead atoms. The zero-order chi connectivity index (χ0) is 18.1. The smallest absolute Gasteiger partial charge is 0.493 e. The van der Waals surface area contributed by atoms with Crippen LogP contribution in [0.1, 0.15) is 33.3 Å². The number of hydrogen-bond donors (Lipinski definition) is 0. The summed E-state index contributed by atoms with van der Waals surface area (Å²) in [5.74, 6) is 0.842. The van der Waals surface area contributed by atoms with E-state index in [9.17, 15) is 0 Å². The van der Waals surface area contributed by atoms with E-state index in [4.69, 9.17) is 25.6 Å². The van der Waals surface area contributed by atoms with Crippen molar-refractivity contribution in [1.29, 1.82) is 0 Å². The highest BCUT2D eigenvalue weighted by Gasteiger charge is 2.51. The molecule has 1 saturated heterocycles. The molecule has 3 rings (SSSR count). The van der Waals surface area contributed by atoms with Crippen molar-refractivity contribution >= 4 is 24.2 Å². The average molecular weight is 359 g/mol. The van der Waals surface area contributed by atoms with Gasteiger partial charge in [0, 0.05) is 11.4 Å². The van der Waals surface area contributed by atoms with E-state index in [2.05, 4.69) is 27.7 Å². The van der Waals surface area contributed by atoms with E-state index in [1.54, 1.807) is 0 Å². The van der Waals surface area contributed by atoms with Gasteiger partial charge in [0.1, 0.15) is 5.75 Å². The van der Waals surface area contributed by atoms with Crippen molar-refractivity contribution in [3.8, 4) is 5.75 Å². The number of hydrogen-bond acceptors (Lipinski definition) is 3. The monoisotopic (exact) mass is 358 g/mol. The molecule has 0 radical (unpaired) electrons. The molecule has 3 nitrogen and oxygen atoms in total. The summed E-state index contributed by atoms with van der Waals surface area (Å²) in [4.78, 5) is 0. The summed E-state index contributed by atoms with van der Waals surface area (Å²) in [6.07, 6.45) is 0.843. The Morgan fingerprint density at radius 3 is 2.00 bits per heavy atom. The van der Waals surface area contributed by atoms with Crippen LogP contribution in [0.4, 0.5) is 0 Å². The van der Waals surface area contributed by atoms with Gasteiger partial charge in [-0.25, -0.2) is 0 Å². The summed E-state index contributed by atoms with van der Waals surface area (Å²) in [6.45, 7) is 8.85. The molecule has 0 amide bonds. The van der Waals surface area contributed by atoms with Crippen LogP contribution in [0, 0.1) is 0 Å². The number of halogens is 1. The lowest BCUT2D eigenvalue weighted by molar-refractivity contribution is 0.00578. The minimum Gasteiger partial charge on any atom is -0.493 e. The highest BCUT2D eigenvalue weighted by molar-refractivity contribution is 6.62. The van der Waals surface area contributed by atoms with Crippen molar-refractivity contribution < 1.29 is 14.0 Å². The maximum absolute atomic E-state index is 6.06. The summed E-state index contributed by atoms with van der Waals surface area (Å²) in [5.41, 5.74) is 1.55. The lowest BCUT2D eigenvalue weighted by atomic mass is 9.79. The van der Waals surface area contributed by atoms with Crippen molar-refractivity contribution in [3.63, 3.8) is 0 Å². The van der Waals surface area contributed by atoms with Gasteiger partial charge in [0.05, 0.1) is 17.8 Å². The molecule has 0 atom stereocenters. The van der Waals surface area contributed by atoms with Gasteiger partial charge in [-0.05, 0) is 63.0 Å². The van der Waals surface area contributed by atoms with E-state index in [1.807, 2.05) is 48.5 Å². The van der Waals surface area contributed by atoms with Crippen LogP contribution >= 0.6 is 11.6 Å². The van der Waals surface area contributed by atoms with Crippen LogP contribution in [0.3, 0.4) is 0 Å². The van der Waals surface area contributed by atoms with Crippen LogP contribution in [0.15, 0.2) is 48.5 Å². The molecule has 2 aromatic carbocycles. The molecule has 5 heteroatoms. The fourth-order valence-electron chi connectivity index (χ4n) is 2.64. The predicted molar refractivity (Wildman–Crippen MR) is 103 cm³/mol. The molecule has 0 aliphatic carbocycles. The Balaban J connectivity index is 1.55. The van der Waals surface area contributed by atoms with Gasteiger partial charge >= 0.3 is 7.12 Å². The standard InChI is InChI=1S/C20H24BClO3/c1-19(2)20(3,4)25-21(24-19)16-7-11-18(12-8-16)23-14-13-15-5-9-17(22)10-6-15/h5-12H,13-14H2,1-4H3. The van der Waals surface area contributed by atoms with Gasteiger partial charge in [-0.2, -0.15) is 0 Å². The minimum atomic E-state index is -0.340. The third kappa shape index (κ3) is 4.20. The molecule has 0 unspecified atom stereocenters. The van der Waals surface area contributed by atoms with E-state index in [1.165, 1.54) is 5.56 Å². The molecule has 132 valence electrons. The summed E-state index contributed by atoms with van der Waals surface area (Å²) < 4.78 is 18.0. The first-order valence-electron chi connectivity index (χ1n) is 8.60. The molecule has 1 aliphatic rings. The summed E-state index contributed by atoms with van der Waals surface area (Å²) in [6, 6.07) is 15.8. The maximum atomic E-state index is 6.06. The third-order valence-electron chi connectivity index (χ3n) is 4.98. The quantitative estimate of drug-likeness (QED) is 0.747. The molecule has 1 fully saturated rings. The summed E-state index contributed by atoms with van der Waals surface area (Å²) >= 11 is 5.89. The molecular formula is C20H24BClO3. The normalized spacial score (nSPS) is 18.4. The van der Waals surface area contributed by atoms with Gasteiger partial charge < -0.3 is 14.0 Å². The molecule has 1 heterocycles. The largest absolute Gasteiger partial charge is 0.494 e. The van der Waals surface area contributed by atoms with Crippen LogP contribution in [-0.2, 0) is 15.7 Å². The van der Waals surface area contributed by atoms with Crippen LogP contribution in [0.25, 0.3) is 0 Å². The first-order valence-corrected chi connectivity index (χ1v) is 8.97. The average Bonchev–Trinajstić information content (AvgIpc) is 2.78. The molecule has 0 saturated carbocycles. The molecule has 0 spiro atoms. The van der Waals surface area contributed by atoms with Gasteiger partial charge in [0.2, 0.25) is 0 Å². The van der Waals surface area contributed by atoms with Crippen molar-refractivity contribution in [3.05, 3.63) is 59.1 Å². The van der Waals surface area contributed by atoms with Crippen molar-refractivity contribution in [1.82, 2.24) is 0 Å². The van der Waals surface area contributed by atoms with Gasteiger partial charge in [0.15, 0.2) is 0 Å². The van der Waals surface area contributed by atoms with E-state index >= 15 is 0 Å². The Kier molecular flexibility index (Phi) is 5.15. The zero-order valence-corrected chi connectivity index (χ0v) is 16.0. The lowest BCUT2D eigenvalue weighted by Crippen LogP contribution is -2.41. The van der Waals surface area contributed by atoms with E-state index in [-0.39, 0.29) is 18.3 Å². The van der Waals surface area contributed by atoms with Gasteiger partial charge in [-0.1, -0.05) is 35.9 Å². The van der Waals surface area contributed by atoms with Gasteiger partial charge in [-0.3, -0.25) is 0 Å². The SMILES string of the molecule is CC1(C)OB(c2ccc(OCCc3ccc(Cl)cc3)cc2)OC1(C)C. The second kappa shape index (κ2) is 7.03. The Labute approximate surface area is 155 Å². The van der Waals surface area contributed by atoms with Crippen LogP contribution in [-0.4, -0.2) is 24.9 Å². The van der Waals surface area contributed by atoms with Crippen molar-refractivity contribution in [2.75, 3.05) is 6.61 Å². The second-order valence-electron chi connectivity index (χ2n) is 7.38. The van der Waals surface area contributed by atoms with Crippen molar-refractivity contribution in [2.45, 2.75) is 45.3 Å². The third-order valence-corrected chi connectivity index (χ3v) is 5.23. The fourth-order valence-corrected chi connectivity index (χ4v) is 2.76. The van der Waals surface area contributed by atoms with E-state index in [0.717, 1.165) is 22.7 Å². The van der Waals surface area contributed by atoms with Crippen LogP contribution < -0.4 is 10.2 Å². The lowest BCUT2D eigenvalue weighted by Gasteiger charge is -2.32. The highest BCUT2D eigenvalue weighted by atomic mass is 35.5. The topological polar surface area (TPSA) is 27.7 Å². The minimum absolute atomic E-state index is 0.328. The Bertz CT molecular complexity index is 695. The second-order valence-corrected chi connectivity index (χ2v) is 7.82. The Hall–Kier alpha value is -1.49. The van der Waals surface area contributed by atoms with E-state index < -0.39 is 0 Å². The van der Waals surface area contributed by atoms with Crippen LogP contribution in [0.5, 0.6) is 5.75 Å². The molecule has 0 N–H and O–H groups in total. The zero-order valence-electron chi connectivity index (χ0n) is 15.2. The van der Waals surface area contributed by atoms with Crippen LogP contribution in [0.2, 0.25) is 5.02 Å². The first-order chi connectivity index (χ1) is 11.8. The van der Waals surface area contributed by atoms with Crippen molar-refractivity contribution in [2.24, 2.45) is 0 Å².